The standard InChI is InChI=1S/C21H26N6O2.2ClH/c1(2-12-28-18-6-4-16(14-26-18)20-22-8-9-23-20)3-13-29-19-7-5-17(15-27-19)21-24-10-11-25-21;;/h4-7,14-15H,1-3,8-13H2,(H,22,23)(H,24,25);2*1H. The molecule has 4 rings (SSSR count). The molecule has 0 saturated heterocycles. The fourth-order valence-corrected chi connectivity index (χ4v) is 3.13. The molecule has 0 aromatic carbocycles. The van der Waals surface area contributed by atoms with Crippen molar-refractivity contribution in [3.05, 3.63) is 47.8 Å². The predicted molar refractivity (Wildman–Crippen MR) is 127 cm³/mol. The van der Waals surface area contributed by atoms with Crippen molar-refractivity contribution in [3.63, 3.8) is 0 Å². The van der Waals surface area contributed by atoms with Gasteiger partial charge in [0.15, 0.2) is 0 Å². The van der Waals surface area contributed by atoms with Crippen LogP contribution in [0.3, 0.4) is 0 Å². The molecule has 2 aliphatic rings. The van der Waals surface area contributed by atoms with Crippen LogP contribution in [0.1, 0.15) is 30.4 Å². The van der Waals surface area contributed by atoms with Crippen LogP contribution in [0.4, 0.5) is 0 Å². The van der Waals surface area contributed by atoms with Gasteiger partial charge in [0.1, 0.15) is 11.7 Å². The van der Waals surface area contributed by atoms with Gasteiger partial charge in [0, 0.05) is 48.7 Å². The summed E-state index contributed by atoms with van der Waals surface area (Å²) in [4.78, 5) is 17.5. The molecule has 0 bridgehead atoms. The maximum absolute atomic E-state index is 5.71. The summed E-state index contributed by atoms with van der Waals surface area (Å²) in [6, 6.07) is 7.76. The lowest BCUT2D eigenvalue weighted by Crippen LogP contribution is -2.19. The number of aromatic nitrogens is 2. The average molecular weight is 467 g/mol. The zero-order valence-corrected chi connectivity index (χ0v) is 18.9. The van der Waals surface area contributed by atoms with Gasteiger partial charge < -0.3 is 20.1 Å². The molecule has 10 heteroatoms. The Hall–Kier alpha value is -2.58. The van der Waals surface area contributed by atoms with Crippen molar-refractivity contribution in [3.8, 4) is 11.8 Å². The van der Waals surface area contributed by atoms with E-state index in [0.29, 0.717) is 25.0 Å². The summed E-state index contributed by atoms with van der Waals surface area (Å²) in [5.41, 5.74) is 2.00. The Bertz CT molecular complexity index is 788. The molecule has 2 aromatic rings. The van der Waals surface area contributed by atoms with E-state index in [2.05, 4.69) is 30.6 Å². The molecular formula is C21H28Cl2N6O2. The third-order valence-electron chi connectivity index (χ3n) is 4.66. The van der Waals surface area contributed by atoms with E-state index in [1.807, 2.05) is 24.3 Å². The van der Waals surface area contributed by atoms with Gasteiger partial charge in [-0.25, -0.2) is 9.97 Å². The lowest BCUT2D eigenvalue weighted by atomic mass is 10.2. The van der Waals surface area contributed by atoms with Crippen molar-refractivity contribution >= 4 is 36.5 Å². The maximum atomic E-state index is 5.71. The second kappa shape index (κ2) is 13.0. The Morgan fingerprint density at radius 2 is 1.16 bits per heavy atom. The number of hydrogen-bond donors (Lipinski definition) is 2. The van der Waals surface area contributed by atoms with Crippen LogP contribution in [-0.4, -0.2) is 61.0 Å². The summed E-state index contributed by atoms with van der Waals surface area (Å²) in [7, 11) is 0. The summed E-state index contributed by atoms with van der Waals surface area (Å²) >= 11 is 0. The van der Waals surface area contributed by atoms with Crippen LogP contribution in [0.5, 0.6) is 11.8 Å². The maximum Gasteiger partial charge on any atom is 0.213 e. The lowest BCUT2D eigenvalue weighted by Gasteiger charge is -2.08. The average Bonchev–Trinajstić information content (AvgIpc) is 3.48. The minimum atomic E-state index is 0. The van der Waals surface area contributed by atoms with Crippen molar-refractivity contribution in [2.45, 2.75) is 19.3 Å². The number of nitrogens with one attached hydrogen (secondary N) is 2. The molecule has 31 heavy (non-hydrogen) atoms. The molecule has 0 atom stereocenters. The van der Waals surface area contributed by atoms with E-state index >= 15 is 0 Å². The molecule has 8 nitrogen and oxygen atoms in total. The van der Waals surface area contributed by atoms with Crippen molar-refractivity contribution in [1.29, 1.82) is 0 Å². The fourth-order valence-electron chi connectivity index (χ4n) is 3.13. The first-order valence-corrected chi connectivity index (χ1v) is 10.1. The molecule has 0 saturated carbocycles. The topological polar surface area (TPSA) is 93.0 Å². The quantitative estimate of drug-likeness (QED) is 0.522. The van der Waals surface area contributed by atoms with E-state index in [0.717, 1.165) is 68.2 Å². The van der Waals surface area contributed by atoms with Crippen LogP contribution >= 0.6 is 24.8 Å². The monoisotopic (exact) mass is 466 g/mol. The highest BCUT2D eigenvalue weighted by molar-refractivity contribution is 6.00. The summed E-state index contributed by atoms with van der Waals surface area (Å²) in [6.45, 7) is 4.73. The molecule has 0 unspecified atom stereocenters. The Kier molecular flexibility index (Phi) is 10.3. The van der Waals surface area contributed by atoms with Crippen molar-refractivity contribution in [2.75, 3.05) is 39.4 Å². The third kappa shape index (κ3) is 7.25. The van der Waals surface area contributed by atoms with Crippen molar-refractivity contribution < 1.29 is 9.47 Å². The highest BCUT2D eigenvalue weighted by Crippen LogP contribution is 2.12. The summed E-state index contributed by atoms with van der Waals surface area (Å²) < 4.78 is 11.4. The van der Waals surface area contributed by atoms with Crippen molar-refractivity contribution in [1.82, 2.24) is 20.6 Å². The van der Waals surface area contributed by atoms with E-state index in [9.17, 15) is 0 Å². The molecule has 0 aliphatic carbocycles. The molecule has 4 heterocycles. The largest absolute Gasteiger partial charge is 0.478 e. The van der Waals surface area contributed by atoms with Gasteiger partial charge in [-0.1, -0.05) is 0 Å². The van der Waals surface area contributed by atoms with Crippen molar-refractivity contribution in [2.24, 2.45) is 9.98 Å². The molecule has 0 radical (unpaired) electrons. The zero-order valence-electron chi connectivity index (χ0n) is 17.2. The smallest absolute Gasteiger partial charge is 0.213 e. The van der Waals surface area contributed by atoms with Crippen LogP contribution in [0.2, 0.25) is 0 Å². The number of hydrogen-bond acceptors (Lipinski definition) is 8. The van der Waals surface area contributed by atoms with Crippen LogP contribution in [0, 0.1) is 0 Å². The van der Waals surface area contributed by atoms with Gasteiger partial charge in [-0.2, -0.15) is 0 Å². The van der Waals surface area contributed by atoms with E-state index < -0.39 is 0 Å². The molecule has 0 amide bonds. The van der Waals surface area contributed by atoms with Crippen LogP contribution in [-0.2, 0) is 0 Å². The van der Waals surface area contributed by atoms with Crippen LogP contribution < -0.4 is 20.1 Å². The second-order valence-corrected chi connectivity index (χ2v) is 6.84. The van der Waals surface area contributed by atoms with Gasteiger partial charge in [-0.15, -0.1) is 24.8 Å². The number of pyridine rings is 2. The first-order chi connectivity index (χ1) is 14.4. The first kappa shape index (κ1) is 24.7. The predicted octanol–water partition coefficient (Wildman–Crippen LogP) is 2.65. The normalized spacial score (nSPS) is 14.3. The van der Waals surface area contributed by atoms with Gasteiger partial charge in [-0.3, -0.25) is 9.98 Å². The number of nitrogens with zero attached hydrogens (tertiary/aromatic N) is 4. The third-order valence-corrected chi connectivity index (χ3v) is 4.66. The lowest BCUT2D eigenvalue weighted by molar-refractivity contribution is 0.269. The van der Waals surface area contributed by atoms with Crippen LogP contribution in [0.25, 0.3) is 0 Å². The molecule has 0 spiro atoms. The first-order valence-electron chi connectivity index (χ1n) is 10.1. The van der Waals surface area contributed by atoms with Gasteiger partial charge in [0.05, 0.1) is 26.3 Å². The molecule has 168 valence electrons. The molecule has 0 fully saturated rings. The summed E-state index contributed by atoms with van der Waals surface area (Å²) in [5, 5.41) is 6.47. The van der Waals surface area contributed by atoms with Gasteiger partial charge >= 0.3 is 0 Å². The Morgan fingerprint density at radius 3 is 1.52 bits per heavy atom. The second-order valence-electron chi connectivity index (χ2n) is 6.84. The number of unbranched alkanes of at least 4 members (excludes halogenated alkanes) is 2. The Morgan fingerprint density at radius 1 is 0.677 bits per heavy atom. The number of ether oxygens (including phenoxy) is 2. The highest BCUT2D eigenvalue weighted by Gasteiger charge is 2.09. The van der Waals surface area contributed by atoms with Gasteiger partial charge in [0.2, 0.25) is 11.8 Å². The van der Waals surface area contributed by atoms with Gasteiger partial charge in [0.25, 0.3) is 0 Å². The zero-order chi connectivity index (χ0) is 19.7. The Labute approximate surface area is 194 Å². The summed E-state index contributed by atoms with van der Waals surface area (Å²) in [6.07, 6.45) is 6.54. The summed E-state index contributed by atoms with van der Waals surface area (Å²) in [5.74, 6) is 3.12. The Balaban J connectivity index is 0.00000171. The SMILES string of the molecule is Cl.Cl.c1cc(OCCCCCOc2ccc(C3=NCCN3)cn2)ncc1C1=NCCN1. The molecule has 2 aliphatic heterocycles. The fraction of sp³-hybridized carbons (Fsp3) is 0.429. The number of aliphatic imine (C=N–C) groups is 2. The number of amidine groups is 2. The van der Waals surface area contributed by atoms with E-state index in [4.69, 9.17) is 9.47 Å². The van der Waals surface area contributed by atoms with E-state index in [-0.39, 0.29) is 24.8 Å². The molecule has 2 aromatic heterocycles. The minimum Gasteiger partial charge on any atom is -0.478 e. The molecule has 2 N–H and O–H groups in total. The minimum absolute atomic E-state index is 0. The number of rotatable bonds is 10. The van der Waals surface area contributed by atoms with E-state index in [1.54, 1.807) is 12.4 Å². The van der Waals surface area contributed by atoms with Crippen LogP contribution in [0.15, 0.2) is 46.6 Å². The number of halogens is 2. The van der Waals surface area contributed by atoms with E-state index in [1.165, 1.54) is 0 Å². The highest BCUT2D eigenvalue weighted by atomic mass is 35.5. The molecular weight excluding hydrogens is 439 g/mol. The van der Waals surface area contributed by atoms with Gasteiger partial charge in [-0.05, 0) is 31.4 Å².